The second kappa shape index (κ2) is 4.93. The third-order valence-corrected chi connectivity index (χ3v) is 4.64. The first-order valence-electron chi connectivity index (χ1n) is 6.75. The number of fused-ring (bicyclic) bond motifs is 1. The van der Waals surface area contributed by atoms with Crippen molar-refractivity contribution in [1.29, 1.82) is 0 Å². The van der Waals surface area contributed by atoms with Crippen molar-refractivity contribution >= 4 is 23.2 Å². The number of carbonyl (C=O) groups excluding carboxylic acids is 1. The number of halogens is 1. The zero-order chi connectivity index (χ0) is 12.5. The molecule has 1 N–H and O–H groups in total. The summed E-state index contributed by atoms with van der Waals surface area (Å²) in [4.78, 5) is 12.2. The summed E-state index contributed by atoms with van der Waals surface area (Å²) in [6.45, 7) is 0. The molecule has 2 unspecified atom stereocenters. The normalized spacial score (nSPS) is 29.5. The van der Waals surface area contributed by atoms with Gasteiger partial charge in [-0.1, -0.05) is 25.0 Å². The molecule has 0 bridgehead atoms. The van der Waals surface area contributed by atoms with Crippen LogP contribution in [0.25, 0.3) is 0 Å². The van der Waals surface area contributed by atoms with Crippen LogP contribution in [0.2, 0.25) is 0 Å². The van der Waals surface area contributed by atoms with Crippen LogP contribution in [0.4, 0.5) is 5.69 Å². The van der Waals surface area contributed by atoms with Crippen LogP contribution in [0.1, 0.15) is 31.2 Å². The van der Waals surface area contributed by atoms with Gasteiger partial charge in [-0.25, -0.2) is 0 Å². The average molecular weight is 264 g/mol. The number of rotatable bonds is 3. The molecule has 18 heavy (non-hydrogen) atoms. The first kappa shape index (κ1) is 12.0. The van der Waals surface area contributed by atoms with Crippen LogP contribution in [-0.2, 0) is 10.7 Å². The van der Waals surface area contributed by atoms with Crippen molar-refractivity contribution in [3.63, 3.8) is 0 Å². The number of anilines is 1. The summed E-state index contributed by atoms with van der Waals surface area (Å²) in [6.07, 6.45) is 5.09. The van der Waals surface area contributed by atoms with Crippen LogP contribution in [0.15, 0.2) is 24.3 Å². The van der Waals surface area contributed by atoms with Gasteiger partial charge in [-0.2, -0.15) is 0 Å². The highest BCUT2D eigenvalue weighted by Gasteiger charge is 2.54. The van der Waals surface area contributed by atoms with Crippen LogP contribution < -0.4 is 5.32 Å². The minimum atomic E-state index is 0.213. The molecule has 0 saturated heterocycles. The van der Waals surface area contributed by atoms with E-state index in [4.69, 9.17) is 11.6 Å². The van der Waals surface area contributed by atoms with Gasteiger partial charge in [-0.3, -0.25) is 4.79 Å². The lowest BCUT2D eigenvalue weighted by molar-refractivity contribution is -0.117. The number of amides is 1. The Morgan fingerprint density at radius 2 is 1.78 bits per heavy atom. The molecule has 0 aliphatic heterocycles. The van der Waals surface area contributed by atoms with Crippen molar-refractivity contribution in [3.05, 3.63) is 29.8 Å². The fourth-order valence-electron chi connectivity index (χ4n) is 3.28. The van der Waals surface area contributed by atoms with Crippen molar-refractivity contribution in [3.8, 4) is 0 Å². The Balaban J connectivity index is 1.60. The maximum atomic E-state index is 12.2. The zero-order valence-corrected chi connectivity index (χ0v) is 11.1. The highest BCUT2D eigenvalue weighted by Crippen LogP contribution is 2.55. The van der Waals surface area contributed by atoms with Crippen molar-refractivity contribution in [2.24, 2.45) is 17.8 Å². The highest BCUT2D eigenvalue weighted by atomic mass is 35.5. The Morgan fingerprint density at radius 3 is 2.33 bits per heavy atom. The quantitative estimate of drug-likeness (QED) is 0.826. The van der Waals surface area contributed by atoms with Gasteiger partial charge >= 0.3 is 0 Å². The number of alkyl halides is 1. The molecule has 0 radical (unpaired) electrons. The van der Waals surface area contributed by atoms with Gasteiger partial charge in [0.2, 0.25) is 5.91 Å². The van der Waals surface area contributed by atoms with E-state index in [1.807, 2.05) is 24.3 Å². The summed E-state index contributed by atoms with van der Waals surface area (Å²) in [5.74, 6) is 2.34. The summed E-state index contributed by atoms with van der Waals surface area (Å²) >= 11 is 5.74. The number of nitrogens with one attached hydrogen (secondary N) is 1. The van der Waals surface area contributed by atoms with E-state index in [0.29, 0.717) is 17.7 Å². The predicted molar refractivity (Wildman–Crippen MR) is 73.6 cm³/mol. The average Bonchev–Trinajstić information content (AvgIpc) is 3.14. The molecular weight excluding hydrogens is 246 g/mol. The van der Waals surface area contributed by atoms with Gasteiger partial charge in [-0.05, 0) is 42.4 Å². The minimum absolute atomic E-state index is 0.213. The predicted octanol–water partition coefficient (Wildman–Crippen LogP) is 3.80. The Morgan fingerprint density at radius 1 is 1.17 bits per heavy atom. The van der Waals surface area contributed by atoms with Crippen molar-refractivity contribution < 1.29 is 4.79 Å². The van der Waals surface area contributed by atoms with Gasteiger partial charge < -0.3 is 5.32 Å². The van der Waals surface area contributed by atoms with E-state index in [-0.39, 0.29) is 11.8 Å². The maximum absolute atomic E-state index is 12.2. The molecule has 2 fully saturated rings. The molecule has 1 aromatic carbocycles. The lowest BCUT2D eigenvalue weighted by atomic mass is 10.0. The van der Waals surface area contributed by atoms with E-state index in [2.05, 4.69) is 5.32 Å². The molecule has 2 aliphatic carbocycles. The lowest BCUT2D eigenvalue weighted by Crippen LogP contribution is -2.15. The van der Waals surface area contributed by atoms with E-state index in [0.717, 1.165) is 11.3 Å². The molecule has 0 spiro atoms. The van der Waals surface area contributed by atoms with E-state index in [1.165, 1.54) is 25.7 Å². The third-order valence-electron chi connectivity index (χ3n) is 4.34. The Kier molecular flexibility index (Phi) is 3.29. The molecule has 2 nitrogen and oxygen atoms in total. The van der Waals surface area contributed by atoms with Crippen molar-refractivity contribution in [2.45, 2.75) is 31.6 Å². The monoisotopic (exact) mass is 263 g/mol. The first-order chi connectivity index (χ1) is 8.79. The van der Waals surface area contributed by atoms with E-state index in [1.54, 1.807) is 0 Å². The molecule has 2 atom stereocenters. The summed E-state index contributed by atoms with van der Waals surface area (Å²) < 4.78 is 0. The Bertz CT molecular complexity index is 430. The molecule has 1 aromatic rings. The van der Waals surface area contributed by atoms with Crippen LogP contribution in [0, 0.1) is 17.8 Å². The summed E-state index contributed by atoms with van der Waals surface area (Å²) in [7, 11) is 0. The van der Waals surface area contributed by atoms with Gasteiger partial charge in [-0.15, -0.1) is 11.6 Å². The van der Waals surface area contributed by atoms with E-state index >= 15 is 0 Å². The van der Waals surface area contributed by atoms with E-state index < -0.39 is 0 Å². The number of carbonyl (C=O) groups is 1. The Hall–Kier alpha value is -1.02. The second-order valence-electron chi connectivity index (χ2n) is 5.46. The summed E-state index contributed by atoms with van der Waals surface area (Å²) in [5.41, 5.74) is 1.97. The van der Waals surface area contributed by atoms with Gasteiger partial charge in [0.25, 0.3) is 0 Å². The second-order valence-corrected chi connectivity index (χ2v) is 5.73. The SMILES string of the molecule is O=C(Nc1ccc(CCl)cc1)C1C2CCCCC21. The molecule has 2 aliphatic rings. The van der Waals surface area contributed by atoms with Gasteiger partial charge in [0, 0.05) is 17.5 Å². The van der Waals surface area contributed by atoms with Crippen LogP contribution >= 0.6 is 11.6 Å². The van der Waals surface area contributed by atoms with Crippen molar-refractivity contribution in [2.75, 3.05) is 5.32 Å². The Labute approximate surface area is 113 Å². The maximum Gasteiger partial charge on any atom is 0.228 e. The smallest absolute Gasteiger partial charge is 0.228 e. The molecule has 96 valence electrons. The molecule has 3 heteroatoms. The minimum Gasteiger partial charge on any atom is -0.326 e. The molecule has 1 amide bonds. The fraction of sp³-hybridized carbons (Fsp3) is 0.533. The number of benzene rings is 1. The standard InChI is InChI=1S/C15H18ClNO/c16-9-10-5-7-11(8-6-10)17-15(18)14-12-3-1-2-4-13(12)14/h5-8,12-14H,1-4,9H2,(H,17,18). The summed E-state index contributed by atoms with van der Waals surface area (Å²) in [6, 6.07) is 7.79. The number of hydrogen-bond acceptors (Lipinski definition) is 1. The first-order valence-corrected chi connectivity index (χ1v) is 7.29. The van der Waals surface area contributed by atoms with Crippen molar-refractivity contribution in [1.82, 2.24) is 0 Å². The fourth-order valence-corrected chi connectivity index (χ4v) is 3.46. The van der Waals surface area contributed by atoms with Gasteiger partial charge in [0.05, 0.1) is 0 Å². The van der Waals surface area contributed by atoms with E-state index in [9.17, 15) is 4.79 Å². The third kappa shape index (κ3) is 2.26. The molecule has 0 heterocycles. The molecular formula is C15H18ClNO. The topological polar surface area (TPSA) is 29.1 Å². The lowest BCUT2D eigenvalue weighted by Gasteiger charge is -2.05. The molecule has 2 saturated carbocycles. The van der Waals surface area contributed by atoms with Crippen LogP contribution in [0.3, 0.4) is 0 Å². The van der Waals surface area contributed by atoms with Crippen LogP contribution in [-0.4, -0.2) is 5.91 Å². The largest absolute Gasteiger partial charge is 0.326 e. The van der Waals surface area contributed by atoms with Crippen LogP contribution in [0.5, 0.6) is 0 Å². The molecule has 3 rings (SSSR count). The van der Waals surface area contributed by atoms with Gasteiger partial charge in [0.15, 0.2) is 0 Å². The highest BCUT2D eigenvalue weighted by molar-refractivity contribution is 6.17. The van der Waals surface area contributed by atoms with Gasteiger partial charge in [0.1, 0.15) is 0 Å². The molecule has 0 aromatic heterocycles. The zero-order valence-electron chi connectivity index (χ0n) is 10.4. The number of hydrogen-bond donors (Lipinski definition) is 1. The summed E-state index contributed by atoms with van der Waals surface area (Å²) in [5, 5.41) is 3.03.